The molecule has 0 aromatic carbocycles. The van der Waals surface area contributed by atoms with Gasteiger partial charge in [-0.2, -0.15) is 0 Å². The summed E-state index contributed by atoms with van der Waals surface area (Å²) >= 11 is 0. The van der Waals surface area contributed by atoms with Crippen LogP contribution < -0.4 is 0 Å². The molecule has 0 bridgehead atoms. The van der Waals surface area contributed by atoms with Gasteiger partial charge < -0.3 is 14.2 Å². The van der Waals surface area contributed by atoms with Crippen LogP contribution in [-0.4, -0.2) is 37.2 Å². The van der Waals surface area contributed by atoms with E-state index in [4.69, 9.17) is 14.2 Å². The number of hydrogen-bond donors (Lipinski definition) is 0. The molecule has 0 aliphatic rings. The predicted molar refractivity (Wildman–Crippen MR) is 353 cm³/mol. The lowest BCUT2D eigenvalue weighted by molar-refractivity contribution is -0.167. The predicted octanol–water partition coefficient (Wildman–Crippen LogP) is 25.6. The van der Waals surface area contributed by atoms with Gasteiger partial charge in [0, 0.05) is 19.3 Å². The molecule has 0 saturated heterocycles. The Morgan fingerprint density at radius 2 is 0.407 bits per heavy atom. The monoisotopic (exact) mass is 1140 g/mol. The van der Waals surface area contributed by atoms with Gasteiger partial charge in [-0.05, 0) is 44.9 Å². The Balaban J connectivity index is 4.23. The molecule has 6 heteroatoms. The molecule has 0 aliphatic carbocycles. The van der Waals surface area contributed by atoms with Crippen molar-refractivity contribution in [2.75, 3.05) is 13.2 Å². The first-order chi connectivity index (χ1) is 40.0. The van der Waals surface area contributed by atoms with Crippen molar-refractivity contribution in [3.63, 3.8) is 0 Å². The normalized spacial score (nSPS) is 12.0. The van der Waals surface area contributed by atoms with E-state index in [1.165, 1.54) is 334 Å². The van der Waals surface area contributed by atoms with Gasteiger partial charge in [0.25, 0.3) is 0 Å². The van der Waals surface area contributed by atoms with E-state index in [1.807, 2.05) is 0 Å². The maximum Gasteiger partial charge on any atom is 0.306 e. The highest BCUT2D eigenvalue weighted by Gasteiger charge is 2.20. The first-order valence-electron chi connectivity index (χ1n) is 37.2. The Labute approximate surface area is 507 Å². The molecule has 480 valence electrons. The van der Waals surface area contributed by atoms with E-state index >= 15 is 0 Å². The van der Waals surface area contributed by atoms with E-state index in [0.717, 1.165) is 57.8 Å². The van der Waals surface area contributed by atoms with Gasteiger partial charge in [-0.15, -0.1) is 0 Å². The summed E-state index contributed by atoms with van der Waals surface area (Å²) in [4.78, 5) is 38.5. The topological polar surface area (TPSA) is 78.9 Å². The number of unbranched alkanes of at least 4 members (excludes halogenated alkanes) is 57. The lowest BCUT2D eigenvalue weighted by Gasteiger charge is -2.18. The van der Waals surface area contributed by atoms with Crippen LogP contribution in [0, 0.1) is 0 Å². The highest BCUT2D eigenvalue weighted by atomic mass is 16.6. The second kappa shape index (κ2) is 70.6. The minimum Gasteiger partial charge on any atom is -0.462 e. The first kappa shape index (κ1) is 79.2. The number of carbonyl (C=O) groups excluding carboxylic acids is 3. The second-order valence-electron chi connectivity index (χ2n) is 25.6. The number of carbonyl (C=O) groups is 3. The van der Waals surface area contributed by atoms with Crippen molar-refractivity contribution >= 4 is 17.9 Å². The molecule has 0 amide bonds. The summed E-state index contributed by atoms with van der Waals surface area (Å²) < 4.78 is 17.0. The molecule has 0 fully saturated rings. The minimum absolute atomic E-state index is 0.0622. The summed E-state index contributed by atoms with van der Waals surface area (Å²) in [6.45, 7) is 6.74. The summed E-state index contributed by atoms with van der Waals surface area (Å²) in [5, 5.41) is 0. The number of allylic oxidation sites excluding steroid dienone is 2. The van der Waals surface area contributed by atoms with Gasteiger partial charge in [-0.25, -0.2) is 0 Å². The van der Waals surface area contributed by atoms with Crippen LogP contribution in [0.3, 0.4) is 0 Å². The lowest BCUT2D eigenvalue weighted by atomic mass is 10.0. The molecule has 6 nitrogen and oxygen atoms in total. The summed E-state index contributed by atoms with van der Waals surface area (Å²) in [5.41, 5.74) is 0. The molecule has 1 atom stereocenters. The van der Waals surface area contributed by atoms with Gasteiger partial charge in [0.15, 0.2) is 6.10 Å². The van der Waals surface area contributed by atoms with E-state index in [-0.39, 0.29) is 31.1 Å². The number of rotatable bonds is 70. The zero-order chi connectivity index (χ0) is 58.5. The van der Waals surface area contributed by atoms with Crippen LogP contribution >= 0.6 is 0 Å². The van der Waals surface area contributed by atoms with E-state index in [9.17, 15) is 14.4 Å². The second-order valence-corrected chi connectivity index (χ2v) is 25.6. The summed E-state index contributed by atoms with van der Waals surface area (Å²) in [6.07, 6.45) is 85.4. The van der Waals surface area contributed by atoms with Crippen LogP contribution in [0.4, 0.5) is 0 Å². The Hall–Kier alpha value is -1.85. The Morgan fingerprint density at radius 3 is 0.617 bits per heavy atom. The average molecular weight is 1140 g/mol. The molecule has 0 aromatic heterocycles. The third-order valence-electron chi connectivity index (χ3n) is 17.3. The van der Waals surface area contributed by atoms with Crippen LogP contribution in [0.15, 0.2) is 12.2 Å². The zero-order valence-electron chi connectivity index (χ0n) is 55.4. The van der Waals surface area contributed by atoms with Crippen LogP contribution in [0.1, 0.15) is 432 Å². The molecule has 0 aromatic rings. The molecule has 0 aliphatic heterocycles. The van der Waals surface area contributed by atoms with Gasteiger partial charge in [0.05, 0.1) is 0 Å². The van der Waals surface area contributed by atoms with Gasteiger partial charge >= 0.3 is 17.9 Å². The third-order valence-corrected chi connectivity index (χ3v) is 17.3. The van der Waals surface area contributed by atoms with E-state index < -0.39 is 6.10 Å². The molecule has 0 N–H and O–H groups in total. The Bertz CT molecular complexity index is 1260. The number of hydrogen-bond acceptors (Lipinski definition) is 6. The van der Waals surface area contributed by atoms with Gasteiger partial charge in [0.1, 0.15) is 13.2 Å². The molecular weight excluding hydrogens is 997 g/mol. The van der Waals surface area contributed by atoms with Crippen molar-refractivity contribution in [1.29, 1.82) is 0 Å². The first-order valence-corrected chi connectivity index (χ1v) is 37.2. The van der Waals surface area contributed by atoms with Crippen molar-refractivity contribution in [3.05, 3.63) is 12.2 Å². The molecule has 81 heavy (non-hydrogen) atoms. The summed E-state index contributed by atoms with van der Waals surface area (Å²) in [7, 11) is 0. The lowest BCUT2D eigenvalue weighted by Crippen LogP contribution is -2.30. The van der Waals surface area contributed by atoms with Gasteiger partial charge in [-0.1, -0.05) is 380 Å². The standard InChI is InChI=1S/C75H144O6/c1-4-7-10-13-16-19-22-25-28-30-32-34-36-37-39-40-42-44-47-50-53-56-59-62-65-68-74(77)80-71-72(70-79-73(76)67-64-61-58-55-52-49-46-27-24-21-18-15-12-9-6-3)81-75(78)69-66-63-60-57-54-51-48-45-43-41-38-35-33-31-29-26-23-20-17-14-11-8-5-2/h30,32,72H,4-29,31,33-71H2,1-3H3/b32-30-. The summed E-state index contributed by atoms with van der Waals surface area (Å²) in [5.74, 6) is -0.822. The highest BCUT2D eigenvalue weighted by Crippen LogP contribution is 2.19. The Morgan fingerprint density at radius 1 is 0.235 bits per heavy atom. The molecule has 0 spiro atoms. The minimum atomic E-state index is -0.766. The van der Waals surface area contributed by atoms with Crippen LogP contribution in [0.5, 0.6) is 0 Å². The molecule has 0 heterocycles. The number of esters is 3. The third kappa shape index (κ3) is 68.8. The van der Waals surface area contributed by atoms with E-state index in [1.54, 1.807) is 0 Å². The van der Waals surface area contributed by atoms with Crippen LogP contribution in [0.25, 0.3) is 0 Å². The van der Waals surface area contributed by atoms with Crippen LogP contribution in [-0.2, 0) is 28.6 Å². The molecule has 1 unspecified atom stereocenters. The largest absolute Gasteiger partial charge is 0.462 e. The average Bonchev–Trinajstić information content (AvgIpc) is 3.47. The van der Waals surface area contributed by atoms with Gasteiger partial charge in [-0.3, -0.25) is 14.4 Å². The fourth-order valence-corrected chi connectivity index (χ4v) is 11.7. The molecule has 0 rings (SSSR count). The van der Waals surface area contributed by atoms with Gasteiger partial charge in [0.2, 0.25) is 0 Å². The smallest absolute Gasteiger partial charge is 0.306 e. The van der Waals surface area contributed by atoms with Crippen molar-refractivity contribution in [2.24, 2.45) is 0 Å². The quantitative estimate of drug-likeness (QED) is 0.0261. The van der Waals surface area contributed by atoms with E-state index in [0.29, 0.717) is 19.3 Å². The maximum absolute atomic E-state index is 13.0. The van der Waals surface area contributed by atoms with E-state index in [2.05, 4.69) is 32.9 Å². The fourth-order valence-electron chi connectivity index (χ4n) is 11.7. The SMILES string of the molecule is CCCCCCCCCC/C=C\CCCCCCCCCCCCCCCC(=O)OCC(COC(=O)CCCCCCCCCCCCCCCCC)OC(=O)CCCCCCCCCCCCCCCCCCCCCCCCC. The van der Waals surface area contributed by atoms with Crippen molar-refractivity contribution in [2.45, 2.75) is 438 Å². The highest BCUT2D eigenvalue weighted by molar-refractivity contribution is 5.71. The van der Waals surface area contributed by atoms with Crippen molar-refractivity contribution in [3.8, 4) is 0 Å². The number of ether oxygens (including phenoxy) is 3. The zero-order valence-corrected chi connectivity index (χ0v) is 55.4. The van der Waals surface area contributed by atoms with Crippen molar-refractivity contribution < 1.29 is 28.6 Å². The Kier molecular flexibility index (Phi) is 69.0. The molecule has 0 radical (unpaired) electrons. The molecular formula is C75H144O6. The maximum atomic E-state index is 13.0. The fraction of sp³-hybridized carbons (Fsp3) is 0.933. The van der Waals surface area contributed by atoms with Crippen LogP contribution in [0.2, 0.25) is 0 Å². The summed E-state index contributed by atoms with van der Waals surface area (Å²) in [6, 6.07) is 0. The molecule has 0 saturated carbocycles. The van der Waals surface area contributed by atoms with Crippen molar-refractivity contribution in [1.82, 2.24) is 0 Å².